The summed E-state index contributed by atoms with van der Waals surface area (Å²) in [6, 6.07) is 12.6. The average Bonchev–Trinajstić information content (AvgIpc) is 3.40. The first kappa shape index (κ1) is 19.7. The standard InChI is InChI=1S/C23H29N3O3/c1-18(27)24-11-22(28)26-14-21-13-25(12-20-8-10-29-15-20)16-23(21,17-26)9-7-19-5-3-2-4-6-19/h2-6,8,10,15,21H,7,9,11-14,16-17H2,1H3,(H,24,27). The van der Waals surface area contributed by atoms with Gasteiger partial charge in [0.15, 0.2) is 0 Å². The Morgan fingerprint density at radius 1 is 1.14 bits per heavy atom. The molecule has 2 unspecified atom stereocenters. The van der Waals surface area contributed by atoms with E-state index in [0.717, 1.165) is 45.6 Å². The molecule has 3 heterocycles. The number of hydrogen-bond acceptors (Lipinski definition) is 4. The molecule has 1 aromatic carbocycles. The summed E-state index contributed by atoms with van der Waals surface area (Å²) in [6.45, 7) is 5.94. The molecule has 0 radical (unpaired) electrons. The highest BCUT2D eigenvalue weighted by Crippen LogP contribution is 2.46. The first-order valence-electron chi connectivity index (χ1n) is 10.3. The lowest BCUT2D eigenvalue weighted by Gasteiger charge is -2.29. The van der Waals surface area contributed by atoms with Gasteiger partial charge in [0, 0.05) is 50.6 Å². The molecule has 1 aromatic heterocycles. The number of fused-ring (bicyclic) bond motifs is 1. The predicted molar refractivity (Wildman–Crippen MR) is 110 cm³/mol. The lowest BCUT2D eigenvalue weighted by Crippen LogP contribution is -2.41. The van der Waals surface area contributed by atoms with Crippen LogP contribution >= 0.6 is 0 Å². The van der Waals surface area contributed by atoms with Crippen molar-refractivity contribution in [1.82, 2.24) is 15.1 Å². The van der Waals surface area contributed by atoms with Gasteiger partial charge in [-0.1, -0.05) is 30.3 Å². The Kier molecular flexibility index (Phi) is 5.72. The Morgan fingerprint density at radius 2 is 1.97 bits per heavy atom. The first-order valence-corrected chi connectivity index (χ1v) is 10.3. The zero-order valence-electron chi connectivity index (χ0n) is 17.0. The molecule has 1 N–H and O–H groups in total. The molecular weight excluding hydrogens is 366 g/mol. The fourth-order valence-electron chi connectivity index (χ4n) is 4.95. The van der Waals surface area contributed by atoms with Crippen LogP contribution in [-0.2, 0) is 22.6 Å². The summed E-state index contributed by atoms with van der Waals surface area (Å²) >= 11 is 0. The van der Waals surface area contributed by atoms with E-state index in [9.17, 15) is 9.59 Å². The van der Waals surface area contributed by atoms with Gasteiger partial charge in [-0.2, -0.15) is 0 Å². The van der Waals surface area contributed by atoms with Gasteiger partial charge in [-0.25, -0.2) is 0 Å². The van der Waals surface area contributed by atoms with Gasteiger partial charge in [0.05, 0.1) is 19.1 Å². The van der Waals surface area contributed by atoms with Crippen molar-refractivity contribution in [3.05, 3.63) is 60.1 Å². The van der Waals surface area contributed by atoms with Crippen LogP contribution in [0.4, 0.5) is 0 Å². The maximum atomic E-state index is 12.6. The highest BCUT2D eigenvalue weighted by atomic mass is 16.3. The van der Waals surface area contributed by atoms with Crippen molar-refractivity contribution in [2.24, 2.45) is 11.3 Å². The third kappa shape index (κ3) is 4.53. The Morgan fingerprint density at radius 3 is 2.69 bits per heavy atom. The van der Waals surface area contributed by atoms with Crippen LogP contribution in [0.1, 0.15) is 24.5 Å². The van der Waals surface area contributed by atoms with Crippen LogP contribution in [-0.4, -0.2) is 54.3 Å². The summed E-state index contributed by atoms with van der Waals surface area (Å²) in [6.07, 6.45) is 5.62. The molecule has 6 heteroatoms. The van der Waals surface area contributed by atoms with E-state index in [1.165, 1.54) is 18.1 Å². The third-order valence-corrected chi connectivity index (χ3v) is 6.41. The first-order chi connectivity index (χ1) is 14.0. The van der Waals surface area contributed by atoms with E-state index in [4.69, 9.17) is 4.42 Å². The second-order valence-corrected chi connectivity index (χ2v) is 8.53. The van der Waals surface area contributed by atoms with Gasteiger partial charge >= 0.3 is 0 Å². The van der Waals surface area contributed by atoms with Crippen LogP contribution in [0.3, 0.4) is 0 Å². The van der Waals surface area contributed by atoms with E-state index in [1.807, 2.05) is 23.3 Å². The lowest BCUT2D eigenvalue weighted by molar-refractivity contribution is -0.132. The summed E-state index contributed by atoms with van der Waals surface area (Å²) in [4.78, 5) is 28.3. The Bertz CT molecular complexity index is 836. The summed E-state index contributed by atoms with van der Waals surface area (Å²) in [5.74, 6) is 0.317. The minimum absolute atomic E-state index is 0.0232. The molecule has 0 spiro atoms. The molecule has 6 nitrogen and oxygen atoms in total. The van der Waals surface area contributed by atoms with Gasteiger partial charge in [0.1, 0.15) is 0 Å². The minimum Gasteiger partial charge on any atom is -0.472 e. The van der Waals surface area contributed by atoms with Gasteiger partial charge < -0.3 is 14.6 Å². The number of hydrogen-bond donors (Lipinski definition) is 1. The topological polar surface area (TPSA) is 65.8 Å². The average molecular weight is 396 g/mol. The summed E-state index contributed by atoms with van der Waals surface area (Å²) in [5, 5.41) is 2.65. The molecular formula is C23H29N3O3. The number of aryl methyl sites for hydroxylation is 1. The van der Waals surface area contributed by atoms with Crippen LogP contribution in [0.25, 0.3) is 0 Å². The zero-order chi connectivity index (χ0) is 20.3. The normalized spacial score (nSPS) is 23.9. The van der Waals surface area contributed by atoms with Crippen LogP contribution in [0, 0.1) is 11.3 Å². The van der Waals surface area contributed by atoms with Gasteiger partial charge in [0.2, 0.25) is 11.8 Å². The monoisotopic (exact) mass is 395 g/mol. The Labute approximate surface area is 171 Å². The largest absolute Gasteiger partial charge is 0.472 e. The van der Waals surface area contributed by atoms with E-state index in [1.54, 1.807) is 6.26 Å². The Balaban J connectivity index is 1.45. The molecule has 0 saturated carbocycles. The van der Waals surface area contributed by atoms with E-state index >= 15 is 0 Å². The smallest absolute Gasteiger partial charge is 0.241 e. The van der Waals surface area contributed by atoms with Crippen LogP contribution in [0.15, 0.2) is 53.3 Å². The molecule has 2 atom stereocenters. The fraction of sp³-hybridized carbons (Fsp3) is 0.478. The molecule has 2 saturated heterocycles. The van der Waals surface area contributed by atoms with Crippen molar-refractivity contribution in [3.8, 4) is 0 Å². The van der Waals surface area contributed by atoms with Crippen molar-refractivity contribution in [2.45, 2.75) is 26.3 Å². The number of carbonyl (C=O) groups is 2. The number of carbonyl (C=O) groups excluding carboxylic acids is 2. The highest BCUT2D eigenvalue weighted by Gasteiger charge is 2.52. The summed E-state index contributed by atoms with van der Waals surface area (Å²) in [7, 11) is 0. The minimum atomic E-state index is -0.164. The number of amides is 2. The lowest BCUT2D eigenvalue weighted by atomic mass is 9.76. The van der Waals surface area contributed by atoms with Crippen molar-refractivity contribution in [1.29, 1.82) is 0 Å². The summed E-state index contributed by atoms with van der Waals surface area (Å²) in [5.41, 5.74) is 2.64. The van der Waals surface area contributed by atoms with Gasteiger partial charge in [-0.05, 0) is 30.4 Å². The van der Waals surface area contributed by atoms with Crippen LogP contribution in [0.2, 0.25) is 0 Å². The maximum Gasteiger partial charge on any atom is 0.241 e. The SMILES string of the molecule is CC(=O)NCC(=O)N1CC2CN(Cc3ccoc3)CC2(CCc2ccccc2)C1. The molecule has 154 valence electrons. The van der Waals surface area contributed by atoms with E-state index in [2.05, 4.69) is 34.5 Å². The third-order valence-electron chi connectivity index (χ3n) is 6.41. The summed E-state index contributed by atoms with van der Waals surface area (Å²) < 4.78 is 5.23. The molecule has 0 aliphatic carbocycles. The predicted octanol–water partition coefficient (Wildman–Crippen LogP) is 2.31. The van der Waals surface area contributed by atoms with Crippen molar-refractivity contribution in [2.75, 3.05) is 32.7 Å². The second kappa shape index (κ2) is 8.41. The molecule has 2 amide bonds. The molecule has 2 fully saturated rings. The van der Waals surface area contributed by atoms with Crippen molar-refractivity contribution < 1.29 is 14.0 Å². The van der Waals surface area contributed by atoms with E-state index < -0.39 is 0 Å². The second-order valence-electron chi connectivity index (χ2n) is 8.53. The molecule has 4 rings (SSSR count). The van der Waals surface area contributed by atoms with Crippen molar-refractivity contribution in [3.63, 3.8) is 0 Å². The molecule has 2 aromatic rings. The maximum absolute atomic E-state index is 12.6. The number of rotatable bonds is 7. The number of likely N-dealkylation sites (tertiary alicyclic amines) is 2. The van der Waals surface area contributed by atoms with Crippen LogP contribution < -0.4 is 5.32 Å². The van der Waals surface area contributed by atoms with Gasteiger partial charge in [-0.15, -0.1) is 0 Å². The van der Waals surface area contributed by atoms with Gasteiger partial charge in [-0.3, -0.25) is 14.5 Å². The number of nitrogens with one attached hydrogen (secondary N) is 1. The van der Waals surface area contributed by atoms with Crippen molar-refractivity contribution >= 4 is 11.8 Å². The number of benzene rings is 1. The molecule has 29 heavy (non-hydrogen) atoms. The van der Waals surface area contributed by atoms with E-state index in [-0.39, 0.29) is 23.8 Å². The molecule has 0 bridgehead atoms. The molecule has 2 aliphatic rings. The van der Waals surface area contributed by atoms with E-state index in [0.29, 0.717) is 5.92 Å². The van der Waals surface area contributed by atoms with Gasteiger partial charge in [0.25, 0.3) is 0 Å². The fourth-order valence-corrected chi connectivity index (χ4v) is 4.95. The quantitative estimate of drug-likeness (QED) is 0.781. The number of furan rings is 1. The zero-order valence-corrected chi connectivity index (χ0v) is 17.0. The Hall–Kier alpha value is -2.60. The highest BCUT2D eigenvalue weighted by molar-refractivity contribution is 5.84. The number of nitrogens with zero attached hydrogens (tertiary/aromatic N) is 2. The molecule has 2 aliphatic heterocycles. The van der Waals surface area contributed by atoms with Crippen LogP contribution in [0.5, 0.6) is 0 Å².